The van der Waals surface area contributed by atoms with E-state index in [-0.39, 0.29) is 82.3 Å². The molecule has 0 saturated heterocycles. The Labute approximate surface area is 558 Å². The van der Waals surface area contributed by atoms with Crippen molar-refractivity contribution in [1.82, 2.24) is 0 Å². The largest absolute Gasteiger partial charge is 0.459 e. The molecule has 20 aliphatic rings. The van der Waals surface area contributed by atoms with Crippen LogP contribution >= 0.6 is 0 Å². The Morgan fingerprint density at radius 1 is 0.344 bits per heavy atom. The van der Waals surface area contributed by atoms with Crippen LogP contribution in [0.15, 0.2) is 74.4 Å². The summed E-state index contributed by atoms with van der Waals surface area (Å²) in [4.78, 5) is 68.8. The van der Waals surface area contributed by atoms with E-state index >= 15 is 0 Å². The lowest BCUT2D eigenvalue weighted by atomic mass is 9.54. The molecular weight excluding hydrogens is 1160 g/mol. The molecule has 0 amide bonds. The van der Waals surface area contributed by atoms with Crippen LogP contribution in [0.25, 0.3) is 0 Å². The zero-order chi connectivity index (χ0) is 66.9. The summed E-state index contributed by atoms with van der Waals surface area (Å²) >= 11 is 0. The summed E-state index contributed by atoms with van der Waals surface area (Å²) in [6.45, 7) is 40.4. The number of esters is 6. The van der Waals surface area contributed by atoms with E-state index in [0.717, 1.165) is 111 Å². The third-order valence-electron chi connectivity index (χ3n) is 28.8. The number of hydrogen-bond acceptors (Lipinski definition) is 12. The van der Waals surface area contributed by atoms with Gasteiger partial charge in [0.25, 0.3) is 0 Å². The second-order valence-corrected chi connectivity index (χ2v) is 35.6. The van der Waals surface area contributed by atoms with E-state index in [1.165, 1.54) is 147 Å². The van der Waals surface area contributed by atoms with E-state index in [2.05, 4.69) is 81.0 Å². The minimum Gasteiger partial charge on any atom is -0.459 e. The molecule has 12 nitrogen and oxygen atoms in total. The quantitative estimate of drug-likeness (QED) is 0.104. The summed E-state index contributed by atoms with van der Waals surface area (Å²) in [6, 6.07) is 0. The van der Waals surface area contributed by atoms with Crippen LogP contribution in [0.5, 0.6) is 0 Å². The number of ether oxygens (including phenoxy) is 6. The van der Waals surface area contributed by atoms with Crippen molar-refractivity contribution in [3.05, 3.63) is 74.4 Å². The van der Waals surface area contributed by atoms with Crippen LogP contribution in [0, 0.1) is 116 Å². The highest BCUT2D eigenvalue weighted by Crippen LogP contribution is 2.68. The van der Waals surface area contributed by atoms with Crippen LogP contribution < -0.4 is 0 Å². The standard InChI is InChI=1S/2C14H20O2.C14H22O2.2C13H18O2.C13H20O2/c1-9(2)13(15)16-14-6-10-3-11(7-14)5-12(4-10)8-14;1-8(2)14(15)16-13-11-4-9-3-10(6-11)7-12(13)5-9;1-9(2)12(15)16-11-8-10-6-7-14(11,5)13(10,3)4;1-2-12(14)15-13-6-9-3-10(7-13)5-11(4-9)8-13;1-2-12(14)15-13-10-4-8-3-9(6-10)7-11(13)5-8;1-5-11(14)15-10-8-9-6-7-13(10,4)12(9,2)3/h10-12H,1,3-8H2,2H3;9-13H,1,3-7H2,2H3;10-11H,1,6-8H2,2-5H3;2,9-11H,1,3-8H2;2,8-11,13H,1,3-7H2;5,9-10H,1,6-8H2,2-4H3. The van der Waals surface area contributed by atoms with Gasteiger partial charge in [-0.15, -0.1) is 0 Å². The average molecular weight is 1280 g/mol. The number of fused-ring (bicyclic) bond motifs is 4. The van der Waals surface area contributed by atoms with Crippen molar-refractivity contribution in [2.24, 2.45) is 116 Å². The summed E-state index contributed by atoms with van der Waals surface area (Å²) in [5, 5.41) is 0. The molecule has 0 radical (unpaired) electrons. The Hall–Kier alpha value is -4.74. The van der Waals surface area contributed by atoms with Gasteiger partial charge in [-0.25, -0.2) is 28.8 Å². The van der Waals surface area contributed by atoms with Crippen molar-refractivity contribution in [2.45, 2.75) is 278 Å². The molecule has 20 saturated carbocycles. The lowest BCUT2D eigenvalue weighted by Gasteiger charge is -2.55. The molecular formula is C81H118O12. The maximum Gasteiger partial charge on any atom is 0.333 e. The van der Waals surface area contributed by atoms with Gasteiger partial charge in [-0.1, -0.05) is 81.0 Å². The Morgan fingerprint density at radius 3 is 0.935 bits per heavy atom. The third kappa shape index (κ3) is 14.2. The van der Waals surface area contributed by atoms with Gasteiger partial charge >= 0.3 is 35.8 Å². The highest BCUT2D eigenvalue weighted by molar-refractivity contribution is 5.88. The van der Waals surface area contributed by atoms with Gasteiger partial charge in [-0.3, -0.25) is 0 Å². The van der Waals surface area contributed by atoms with Gasteiger partial charge in [-0.2, -0.15) is 0 Å². The van der Waals surface area contributed by atoms with Gasteiger partial charge in [0.2, 0.25) is 0 Å². The highest BCUT2D eigenvalue weighted by Gasteiger charge is 2.64. The third-order valence-corrected chi connectivity index (χ3v) is 28.8. The Kier molecular flexibility index (Phi) is 20.2. The second-order valence-electron chi connectivity index (χ2n) is 35.6. The predicted octanol–water partition coefficient (Wildman–Crippen LogP) is 17.5. The highest BCUT2D eigenvalue weighted by atomic mass is 16.6. The summed E-state index contributed by atoms with van der Waals surface area (Å²) in [7, 11) is 0. The SMILES string of the molecule is C=C(C)C(=O)OC12CC3CC(CC(C3)C1)C2.C=C(C)C(=O)OC1C2CC3CC(C2)CC1C3.C=C(C)C(=O)OC1CC2CCC1(C)C2(C)C.C=CC(=O)OC12CC3CC(CC(C3)C1)C2.C=CC(=O)OC1C2CC3CC(C2)CC1C3.C=CC(=O)OC1CC2CCC1(C)C2(C)C. The van der Waals surface area contributed by atoms with E-state index in [1.807, 2.05) is 0 Å². The first-order chi connectivity index (χ1) is 43.8. The molecule has 0 aliphatic heterocycles. The minimum atomic E-state index is -0.274. The molecule has 12 heteroatoms. The van der Waals surface area contributed by atoms with Gasteiger partial charge in [0.1, 0.15) is 35.6 Å². The molecule has 0 heterocycles. The fourth-order valence-corrected chi connectivity index (χ4v) is 24.4. The number of hydrogen-bond donors (Lipinski definition) is 0. The molecule has 6 unspecified atom stereocenters. The van der Waals surface area contributed by atoms with Crippen molar-refractivity contribution in [3.63, 3.8) is 0 Å². The fraction of sp³-hybridized carbons (Fsp3) is 0.778. The Balaban J connectivity index is 0.000000114. The summed E-state index contributed by atoms with van der Waals surface area (Å²) in [5.41, 5.74) is 2.30. The zero-order valence-corrected chi connectivity index (χ0v) is 58.7. The van der Waals surface area contributed by atoms with Crippen LogP contribution in [0.1, 0.15) is 242 Å². The van der Waals surface area contributed by atoms with Crippen LogP contribution in [0.3, 0.4) is 0 Å². The molecule has 0 aromatic heterocycles. The Morgan fingerprint density at radius 2 is 0.634 bits per heavy atom. The molecule has 0 spiro atoms. The van der Waals surface area contributed by atoms with Gasteiger partial charge < -0.3 is 28.4 Å². The van der Waals surface area contributed by atoms with Crippen molar-refractivity contribution in [2.75, 3.05) is 0 Å². The van der Waals surface area contributed by atoms with Crippen LogP contribution in [-0.2, 0) is 57.2 Å². The van der Waals surface area contributed by atoms with Gasteiger partial charge in [0.15, 0.2) is 0 Å². The zero-order valence-electron chi connectivity index (χ0n) is 58.7. The second kappa shape index (κ2) is 26.9. The van der Waals surface area contributed by atoms with Crippen molar-refractivity contribution in [3.8, 4) is 0 Å². The van der Waals surface area contributed by atoms with Crippen molar-refractivity contribution < 1.29 is 57.2 Å². The maximum atomic E-state index is 11.7. The molecule has 0 N–H and O–H groups in total. The molecule has 0 aromatic carbocycles. The monoisotopic (exact) mass is 1280 g/mol. The van der Waals surface area contributed by atoms with E-state index < -0.39 is 0 Å². The molecule has 93 heavy (non-hydrogen) atoms. The number of carbonyl (C=O) groups excluding carboxylic acids is 6. The number of rotatable bonds is 12. The van der Waals surface area contributed by atoms with Gasteiger partial charge in [0.05, 0.1) is 0 Å². The lowest BCUT2D eigenvalue weighted by molar-refractivity contribution is -0.182. The normalized spacial score (nSPS) is 43.8. The summed E-state index contributed by atoms with van der Waals surface area (Å²) in [6.07, 6.45) is 39.6. The van der Waals surface area contributed by atoms with Gasteiger partial charge in [0, 0.05) is 45.8 Å². The first-order valence-electron chi connectivity index (χ1n) is 37.0. The lowest BCUT2D eigenvalue weighted by Crippen LogP contribution is -2.52. The van der Waals surface area contributed by atoms with E-state index in [9.17, 15) is 28.8 Å². The summed E-state index contributed by atoms with van der Waals surface area (Å²) in [5.74, 6) is 11.4. The van der Waals surface area contributed by atoms with E-state index in [1.54, 1.807) is 20.8 Å². The topological polar surface area (TPSA) is 158 Å². The Bertz CT molecular complexity index is 2790. The fourth-order valence-electron chi connectivity index (χ4n) is 24.4. The predicted molar refractivity (Wildman–Crippen MR) is 361 cm³/mol. The van der Waals surface area contributed by atoms with Gasteiger partial charge in [-0.05, 0) is 306 Å². The van der Waals surface area contributed by atoms with Crippen molar-refractivity contribution >= 4 is 35.8 Å². The first-order valence-corrected chi connectivity index (χ1v) is 37.0. The smallest absolute Gasteiger partial charge is 0.333 e. The molecule has 20 bridgehead atoms. The first kappa shape index (κ1) is 69.6. The van der Waals surface area contributed by atoms with Crippen LogP contribution in [-0.4, -0.2) is 71.4 Å². The average Bonchev–Trinajstić information content (AvgIpc) is 1.60. The molecule has 514 valence electrons. The van der Waals surface area contributed by atoms with Crippen molar-refractivity contribution in [1.29, 1.82) is 0 Å². The summed E-state index contributed by atoms with van der Waals surface area (Å²) < 4.78 is 33.7. The minimum absolute atomic E-state index is 0.0884. The van der Waals surface area contributed by atoms with E-state index in [4.69, 9.17) is 28.4 Å². The van der Waals surface area contributed by atoms with Crippen LogP contribution in [0.2, 0.25) is 0 Å². The molecule has 20 fully saturated rings. The molecule has 20 rings (SSSR count). The molecule has 6 atom stereocenters. The van der Waals surface area contributed by atoms with Crippen LogP contribution in [0.4, 0.5) is 0 Å². The maximum absolute atomic E-state index is 11.7. The molecule has 0 aromatic rings. The molecule has 20 aliphatic carbocycles. The van der Waals surface area contributed by atoms with E-state index in [0.29, 0.717) is 63.1 Å². The number of carbonyl (C=O) groups is 6.